The standard InChI is InChI=1S/C19H21ClFN3O2/c20-14-5-6-16(15(21)13-14)22-19(26)7-8-23-9-11-24(12-10-23)17-3-1-2-4-18(17)25/h1-6,13,25H,7-12H2,(H,22,26). The van der Waals surface area contributed by atoms with E-state index in [0.717, 1.165) is 31.9 Å². The summed E-state index contributed by atoms with van der Waals surface area (Å²) in [5.41, 5.74) is 0.979. The first-order chi connectivity index (χ1) is 12.5. The van der Waals surface area contributed by atoms with E-state index >= 15 is 0 Å². The zero-order chi connectivity index (χ0) is 18.5. The zero-order valence-electron chi connectivity index (χ0n) is 14.3. The molecule has 26 heavy (non-hydrogen) atoms. The third-order valence-corrected chi connectivity index (χ3v) is 4.69. The molecule has 0 unspecified atom stereocenters. The van der Waals surface area contributed by atoms with Gasteiger partial charge in [0.05, 0.1) is 11.4 Å². The predicted molar refractivity (Wildman–Crippen MR) is 101 cm³/mol. The number of benzene rings is 2. The molecular formula is C19H21ClFN3O2. The molecule has 7 heteroatoms. The second-order valence-electron chi connectivity index (χ2n) is 6.24. The summed E-state index contributed by atoms with van der Waals surface area (Å²) in [6.45, 7) is 3.78. The number of phenolic OH excluding ortho intramolecular Hbond substituents is 1. The number of anilines is 2. The number of piperazine rings is 1. The molecule has 1 aliphatic rings. The SMILES string of the molecule is O=C(CCN1CCN(c2ccccc2O)CC1)Nc1ccc(Cl)cc1F. The average molecular weight is 378 g/mol. The topological polar surface area (TPSA) is 55.8 Å². The first-order valence-corrected chi connectivity index (χ1v) is 8.91. The van der Waals surface area contributed by atoms with Crippen molar-refractivity contribution in [1.29, 1.82) is 0 Å². The Balaban J connectivity index is 1.45. The van der Waals surface area contributed by atoms with E-state index in [1.807, 2.05) is 12.1 Å². The van der Waals surface area contributed by atoms with Crippen LogP contribution in [0, 0.1) is 5.82 Å². The van der Waals surface area contributed by atoms with Crippen molar-refractivity contribution < 1.29 is 14.3 Å². The number of hydrogen-bond donors (Lipinski definition) is 2. The van der Waals surface area contributed by atoms with Gasteiger partial charge in [0.1, 0.15) is 11.6 Å². The van der Waals surface area contributed by atoms with Crippen LogP contribution in [0.2, 0.25) is 5.02 Å². The Kier molecular flexibility index (Phi) is 5.96. The van der Waals surface area contributed by atoms with E-state index in [4.69, 9.17) is 11.6 Å². The number of carbonyl (C=O) groups excluding carboxylic acids is 1. The van der Waals surface area contributed by atoms with E-state index in [0.29, 0.717) is 18.0 Å². The lowest BCUT2D eigenvalue weighted by Crippen LogP contribution is -2.47. The van der Waals surface area contributed by atoms with Gasteiger partial charge in [-0.2, -0.15) is 0 Å². The molecule has 0 radical (unpaired) electrons. The van der Waals surface area contributed by atoms with Crippen molar-refractivity contribution in [3.05, 3.63) is 53.3 Å². The summed E-state index contributed by atoms with van der Waals surface area (Å²) in [4.78, 5) is 16.4. The molecule has 2 aromatic rings. The van der Waals surface area contributed by atoms with Crippen LogP contribution < -0.4 is 10.2 Å². The molecule has 2 N–H and O–H groups in total. The molecule has 0 aromatic heterocycles. The van der Waals surface area contributed by atoms with Crippen LogP contribution in [0.4, 0.5) is 15.8 Å². The van der Waals surface area contributed by atoms with Gasteiger partial charge in [0, 0.05) is 44.2 Å². The molecule has 1 heterocycles. The fraction of sp³-hybridized carbons (Fsp3) is 0.316. The van der Waals surface area contributed by atoms with Gasteiger partial charge in [0.15, 0.2) is 0 Å². The normalized spacial score (nSPS) is 15.1. The predicted octanol–water partition coefficient (Wildman–Crippen LogP) is 3.34. The van der Waals surface area contributed by atoms with Crippen molar-refractivity contribution >= 4 is 28.9 Å². The lowest BCUT2D eigenvalue weighted by molar-refractivity contribution is -0.116. The molecule has 0 bridgehead atoms. The maximum atomic E-state index is 13.7. The number of rotatable bonds is 5. The van der Waals surface area contributed by atoms with Crippen LogP contribution in [0.3, 0.4) is 0 Å². The highest BCUT2D eigenvalue weighted by molar-refractivity contribution is 6.30. The number of amides is 1. The van der Waals surface area contributed by atoms with Gasteiger partial charge in [0.2, 0.25) is 5.91 Å². The molecule has 0 spiro atoms. The summed E-state index contributed by atoms with van der Waals surface area (Å²) >= 11 is 5.70. The van der Waals surface area contributed by atoms with Gasteiger partial charge in [-0.3, -0.25) is 9.69 Å². The highest BCUT2D eigenvalue weighted by Crippen LogP contribution is 2.27. The van der Waals surface area contributed by atoms with Gasteiger partial charge >= 0.3 is 0 Å². The van der Waals surface area contributed by atoms with Crippen LogP contribution in [0.15, 0.2) is 42.5 Å². The Morgan fingerprint density at radius 3 is 2.58 bits per heavy atom. The van der Waals surface area contributed by atoms with Crippen LogP contribution in [0.1, 0.15) is 6.42 Å². The summed E-state index contributed by atoms with van der Waals surface area (Å²) < 4.78 is 13.7. The first kappa shape index (κ1) is 18.5. The highest BCUT2D eigenvalue weighted by atomic mass is 35.5. The number of halogens is 2. The molecule has 1 saturated heterocycles. The van der Waals surface area contributed by atoms with E-state index in [-0.39, 0.29) is 17.3 Å². The van der Waals surface area contributed by atoms with Crippen molar-refractivity contribution in [2.24, 2.45) is 0 Å². The number of nitrogens with zero attached hydrogens (tertiary/aromatic N) is 2. The largest absolute Gasteiger partial charge is 0.506 e. The molecule has 2 aromatic carbocycles. The Hall–Kier alpha value is -2.31. The fourth-order valence-corrected chi connectivity index (χ4v) is 3.17. The average Bonchev–Trinajstić information content (AvgIpc) is 2.63. The van der Waals surface area contributed by atoms with Gasteiger partial charge < -0.3 is 15.3 Å². The molecule has 138 valence electrons. The van der Waals surface area contributed by atoms with Gasteiger partial charge in [-0.15, -0.1) is 0 Å². The van der Waals surface area contributed by atoms with Crippen molar-refractivity contribution in [2.75, 3.05) is 42.9 Å². The second kappa shape index (κ2) is 8.38. The number of nitrogens with one attached hydrogen (secondary N) is 1. The number of aromatic hydroxyl groups is 1. The summed E-state index contributed by atoms with van der Waals surface area (Å²) in [5.74, 6) is -0.484. The number of para-hydroxylation sites is 2. The van der Waals surface area contributed by atoms with Gasteiger partial charge in [-0.1, -0.05) is 23.7 Å². The first-order valence-electron chi connectivity index (χ1n) is 8.53. The highest BCUT2D eigenvalue weighted by Gasteiger charge is 2.19. The van der Waals surface area contributed by atoms with Gasteiger partial charge in [0.25, 0.3) is 0 Å². The lowest BCUT2D eigenvalue weighted by atomic mass is 10.2. The Morgan fingerprint density at radius 2 is 1.88 bits per heavy atom. The van der Waals surface area contributed by atoms with Gasteiger partial charge in [-0.25, -0.2) is 4.39 Å². The minimum atomic E-state index is -0.540. The van der Waals surface area contributed by atoms with E-state index in [1.54, 1.807) is 18.2 Å². The summed E-state index contributed by atoms with van der Waals surface area (Å²) in [6.07, 6.45) is 0.290. The van der Waals surface area contributed by atoms with Crippen molar-refractivity contribution in [2.45, 2.75) is 6.42 Å². The van der Waals surface area contributed by atoms with Crippen molar-refractivity contribution in [1.82, 2.24) is 4.90 Å². The third-order valence-electron chi connectivity index (χ3n) is 4.46. The van der Waals surface area contributed by atoms with E-state index in [1.165, 1.54) is 12.1 Å². The smallest absolute Gasteiger partial charge is 0.225 e. The Morgan fingerprint density at radius 1 is 1.15 bits per heavy atom. The molecule has 0 atom stereocenters. The van der Waals surface area contributed by atoms with E-state index in [9.17, 15) is 14.3 Å². The third kappa shape index (κ3) is 4.65. The van der Waals surface area contributed by atoms with E-state index < -0.39 is 5.82 Å². The van der Waals surface area contributed by atoms with E-state index in [2.05, 4.69) is 15.1 Å². The fourth-order valence-electron chi connectivity index (χ4n) is 3.01. The van der Waals surface area contributed by atoms with Crippen LogP contribution in [0.5, 0.6) is 5.75 Å². The lowest BCUT2D eigenvalue weighted by Gasteiger charge is -2.36. The number of phenols is 1. The maximum absolute atomic E-state index is 13.7. The van der Waals surface area contributed by atoms with Crippen LogP contribution >= 0.6 is 11.6 Å². The summed E-state index contributed by atoms with van der Waals surface area (Å²) in [6, 6.07) is 11.5. The number of hydrogen-bond acceptors (Lipinski definition) is 4. The molecular weight excluding hydrogens is 357 g/mol. The molecule has 0 saturated carbocycles. The zero-order valence-corrected chi connectivity index (χ0v) is 15.0. The monoisotopic (exact) mass is 377 g/mol. The molecule has 1 aliphatic heterocycles. The Labute approximate surface area is 157 Å². The molecule has 5 nitrogen and oxygen atoms in total. The second-order valence-corrected chi connectivity index (χ2v) is 6.68. The summed E-state index contributed by atoms with van der Waals surface area (Å²) in [5, 5.41) is 12.8. The molecule has 0 aliphatic carbocycles. The summed E-state index contributed by atoms with van der Waals surface area (Å²) in [7, 11) is 0. The van der Waals surface area contributed by atoms with Crippen molar-refractivity contribution in [3.8, 4) is 5.75 Å². The van der Waals surface area contributed by atoms with Crippen LogP contribution in [-0.2, 0) is 4.79 Å². The van der Waals surface area contributed by atoms with Crippen LogP contribution in [0.25, 0.3) is 0 Å². The minimum absolute atomic E-state index is 0.142. The minimum Gasteiger partial charge on any atom is -0.506 e. The molecule has 1 amide bonds. The maximum Gasteiger partial charge on any atom is 0.225 e. The number of carbonyl (C=O) groups is 1. The quantitative estimate of drug-likeness (QED) is 0.839. The van der Waals surface area contributed by atoms with Crippen LogP contribution in [-0.4, -0.2) is 48.6 Å². The molecule has 3 rings (SSSR count). The van der Waals surface area contributed by atoms with Gasteiger partial charge in [-0.05, 0) is 30.3 Å². The Bertz CT molecular complexity index is 779. The van der Waals surface area contributed by atoms with Crippen molar-refractivity contribution in [3.63, 3.8) is 0 Å². The molecule has 1 fully saturated rings.